The van der Waals surface area contributed by atoms with Gasteiger partial charge in [0.1, 0.15) is 11.9 Å². The number of ether oxygens (including phenoxy) is 2. The molecular formula is C15H17N3O3. The second-order valence-electron chi connectivity index (χ2n) is 4.55. The van der Waals surface area contributed by atoms with Gasteiger partial charge in [-0.05, 0) is 13.0 Å². The zero-order chi connectivity index (χ0) is 15.6. The number of carbonyl (C=O) groups is 1. The average Bonchev–Trinajstić information content (AvgIpc) is 2.79. The molecule has 2 N–H and O–H groups in total. The number of rotatable bonds is 4. The molecule has 2 atom stereocenters. The number of nitrogens with zero attached hydrogens (tertiary/aromatic N) is 2. The maximum Gasteiger partial charge on any atom is 0.347 e. The Hall–Kier alpha value is -2.68. The van der Waals surface area contributed by atoms with Crippen LogP contribution in [0.15, 0.2) is 23.2 Å². The topological polar surface area (TPSA) is 77.2 Å². The quantitative estimate of drug-likeness (QED) is 0.852. The fourth-order valence-electron chi connectivity index (χ4n) is 2.39. The van der Waals surface area contributed by atoms with Crippen LogP contribution in [-0.4, -0.2) is 37.0 Å². The Morgan fingerprint density at radius 3 is 2.71 bits per heavy atom. The highest BCUT2D eigenvalue weighted by molar-refractivity contribution is 6.04. The minimum Gasteiger partial charge on any atom is -0.493 e. The summed E-state index contributed by atoms with van der Waals surface area (Å²) >= 11 is 0. The van der Waals surface area contributed by atoms with Crippen molar-refractivity contribution in [1.29, 1.82) is 0 Å². The molecule has 1 aliphatic rings. The summed E-state index contributed by atoms with van der Waals surface area (Å²) in [7, 11) is 3.07. The lowest BCUT2D eigenvalue weighted by Gasteiger charge is -2.28. The first kappa shape index (κ1) is 14.7. The third-order valence-electron chi connectivity index (χ3n) is 3.39. The SMILES string of the molecule is C#CC(C)N1C(=O)N=C(N)C1c1cccc(OC)c1OC. The highest BCUT2D eigenvalue weighted by atomic mass is 16.5. The van der Waals surface area contributed by atoms with Gasteiger partial charge in [0, 0.05) is 5.56 Å². The van der Waals surface area contributed by atoms with Crippen LogP contribution in [-0.2, 0) is 0 Å². The van der Waals surface area contributed by atoms with Crippen molar-refractivity contribution in [2.24, 2.45) is 10.7 Å². The standard InChI is InChI=1S/C15H17N3O3/c1-5-9(2)18-12(14(16)17-15(18)19)10-7-6-8-11(20-3)13(10)21-4/h1,6-9,12H,2-4H3,(H2,16,17,19). The van der Waals surface area contributed by atoms with Gasteiger partial charge in [-0.2, -0.15) is 4.99 Å². The summed E-state index contributed by atoms with van der Waals surface area (Å²) in [6, 6.07) is 3.92. The molecule has 0 saturated carbocycles. The molecule has 21 heavy (non-hydrogen) atoms. The molecule has 0 spiro atoms. The summed E-state index contributed by atoms with van der Waals surface area (Å²) in [4.78, 5) is 17.3. The Balaban J connectivity index is 2.56. The number of hydrogen-bond donors (Lipinski definition) is 1. The number of benzene rings is 1. The Morgan fingerprint density at radius 2 is 2.14 bits per heavy atom. The van der Waals surface area contributed by atoms with Crippen LogP contribution >= 0.6 is 0 Å². The molecule has 6 nitrogen and oxygen atoms in total. The van der Waals surface area contributed by atoms with Crippen LogP contribution in [0.3, 0.4) is 0 Å². The highest BCUT2D eigenvalue weighted by Gasteiger charge is 2.39. The fourth-order valence-corrected chi connectivity index (χ4v) is 2.39. The van der Waals surface area contributed by atoms with Gasteiger partial charge in [0.05, 0.1) is 20.3 Å². The molecule has 0 radical (unpaired) electrons. The number of para-hydroxylation sites is 1. The Kier molecular flexibility index (Phi) is 4.03. The molecule has 0 fully saturated rings. The summed E-state index contributed by atoms with van der Waals surface area (Å²) in [5, 5.41) is 0. The van der Waals surface area contributed by atoms with E-state index in [4.69, 9.17) is 21.6 Å². The number of methoxy groups -OCH3 is 2. The number of nitrogens with two attached hydrogens (primary N) is 1. The molecular weight excluding hydrogens is 270 g/mol. The minimum atomic E-state index is -0.561. The lowest BCUT2D eigenvalue weighted by atomic mass is 10.0. The summed E-state index contributed by atoms with van der Waals surface area (Å²) < 4.78 is 10.7. The Labute approximate surface area is 123 Å². The number of terminal acetylenes is 1. The van der Waals surface area contributed by atoms with E-state index in [9.17, 15) is 4.79 Å². The molecule has 1 aromatic carbocycles. The average molecular weight is 287 g/mol. The molecule has 1 aromatic rings. The lowest BCUT2D eigenvalue weighted by molar-refractivity contribution is 0.198. The van der Waals surface area contributed by atoms with Crippen LogP contribution in [0.5, 0.6) is 11.5 Å². The molecule has 1 heterocycles. The molecule has 0 bridgehead atoms. The number of amides is 2. The van der Waals surface area contributed by atoms with Gasteiger partial charge < -0.3 is 15.2 Å². The van der Waals surface area contributed by atoms with Crippen molar-refractivity contribution in [3.8, 4) is 23.8 Å². The highest BCUT2D eigenvalue weighted by Crippen LogP contribution is 2.39. The molecule has 2 unspecified atom stereocenters. The van der Waals surface area contributed by atoms with Crippen LogP contribution in [0.4, 0.5) is 4.79 Å². The molecule has 0 saturated heterocycles. The van der Waals surface area contributed by atoms with Crippen molar-refractivity contribution < 1.29 is 14.3 Å². The van der Waals surface area contributed by atoms with Gasteiger partial charge in [0.2, 0.25) is 0 Å². The first-order valence-corrected chi connectivity index (χ1v) is 6.38. The van der Waals surface area contributed by atoms with Gasteiger partial charge in [0.15, 0.2) is 11.5 Å². The van der Waals surface area contributed by atoms with E-state index in [1.54, 1.807) is 26.2 Å². The first-order valence-electron chi connectivity index (χ1n) is 6.38. The molecule has 0 aromatic heterocycles. The second-order valence-corrected chi connectivity index (χ2v) is 4.55. The lowest BCUT2D eigenvalue weighted by Crippen LogP contribution is -2.39. The maximum absolute atomic E-state index is 12.0. The molecule has 6 heteroatoms. The van der Waals surface area contributed by atoms with E-state index in [1.807, 2.05) is 6.07 Å². The molecule has 2 rings (SSSR count). The predicted octanol–water partition coefficient (Wildman–Crippen LogP) is 1.56. The van der Waals surface area contributed by atoms with Crippen LogP contribution in [0.2, 0.25) is 0 Å². The van der Waals surface area contributed by atoms with Gasteiger partial charge in [-0.15, -0.1) is 6.42 Å². The van der Waals surface area contributed by atoms with Crippen LogP contribution in [0, 0.1) is 12.3 Å². The van der Waals surface area contributed by atoms with Crippen molar-refractivity contribution in [1.82, 2.24) is 4.90 Å². The first-order chi connectivity index (χ1) is 10.0. The summed E-state index contributed by atoms with van der Waals surface area (Å²) in [6.45, 7) is 1.74. The second kappa shape index (κ2) is 5.75. The predicted molar refractivity (Wildman–Crippen MR) is 79.4 cm³/mol. The van der Waals surface area contributed by atoms with Gasteiger partial charge in [-0.1, -0.05) is 18.1 Å². The van der Waals surface area contributed by atoms with Crippen molar-refractivity contribution in [3.05, 3.63) is 23.8 Å². The zero-order valence-corrected chi connectivity index (χ0v) is 12.2. The van der Waals surface area contributed by atoms with E-state index in [2.05, 4.69) is 10.9 Å². The van der Waals surface area contributed by atoms with E-state index in [-0.39, 0.29) is 5.84 Å². The Bertz CT molecular complexity index is 634. The number of carbonyl (C=O) groups excluding carboxylic acids is 1. The molecule has 2 amide bonds. The van der Waals surface area contributed by atoms with Crippen molar-refractivity contribution in [3.63, 3.8) is 0 Å². The summed E-state index contributed by atoms with van der Waals surface area (Å²) in [5.74, 6) is 3.77. The fraction of sp³-hybridized carbons (Fsp3) is 0.333. The number of urea groups is 1. The van der Waals surface area contributed by atoms with Crippen LogP contribution in [0.25, 0.3) is 0 Å². The van der Waals surface area contributed by atoms with Crippen LogP contribution < -0.4 is 15.2 Å². The van der Waals surface area contributed by atoms with Crippen molar-refractivity contribution in [2.75, 3.05) is 14.2 Å². The number of amidine groups is 1. The minimum absolute atomic E-state index is 0.189. The Morgan fingerprint density at radius 1 is 1.43 bits per heavy atom. The van der Waals surface area contributed by atoms with E-state index in [0.29, 0.717) is 17.1 Å². The maximum atomic E-state index is 12.0. The van der Waals surface area contributed by atoms with E-state index >= 15 is 0 Å². The van der Waals surface area contributed by atoms with Gasteiger partial charge in [-0.25, -0.2) is 4.79 Å². The van der Waals surface area contributed by atoms with E-state index in [1.165, 1.54) is 12.0 Å². The number of hydrogen-bond acceptors (Lipinski definition) is 4. The monoisotopic (exact) mass is 287 g/mol. The van der Waals surface area contributed by atoms with Crippen molar-refractivity contribution >= 4 is 11.9 Å². The summed E-state index contributed by atoms with van der Waals surface area (Å²) in [6.07, 6.45) is 5.43. The molecule has 1 aliphatic heterocycles. The largest absolute Gasteiger partial charge is 0.493 e. The third kappa shape index (κ3) is 2.38. The van der Waals surface area contributed by atoms with Gasteiger partial charge in [0.25, 0.3) is 0 Å². The molecule has 110 valence electrons. The van der Waals surface area contributed by atoms with E-state index in [0.717, 1.165) is 0 Å². The summed E-state index contributed by atoms with van der Waals surface area (Å²) in [5.41, 5.74) is 6.61. The normalized spacial score (nSPS) is 19.0. The van der Waals surface area contributed by atoms with Gasteiger partial charge >= 0.3 is 6.03 Å². The zero-order valence-electron chi connectivity index (χ0n) is 12.2. The third-order valence-corrected chi connectivity index (χ3v) is 3.39. The van der Waals surface area contributed by atoms with E-state index < -0.39 is 18.1 Å². The van der Waals surface area contributed by atoms with Crippen molar-refractivity contribution in [2.45, 2.75) is 19.0 Å². The number of aliphatic imine (C=N–C) groups is 1. The van der Waals surface area contributed by atoms with Gasteiger partial charge in [-0.3, -0.25) is 4.90 Å². The molecule has 0 aliphatic carbocycles. The smallest absolute Gasteiger partial charge is 0.347 e. The van der Waals surface area contributed by atoms with Crippen LogP contribution in [0.1, 0.15) is 18.5 Å².